The van der Waals surface area contributed by atoms with Crippen molar-refractivity contribution >= 4 is 34.1 Å². The van der Waals surface area contributed by atoms with Gasteiger partial charge in [-0.1, -0.05) is 28.1 Å². The smallest absolute Gasteiger partial charge is 0.151 e. The average molecular weight is 265 g/mol. The number of hydrogen-bond donors (Lipinski definition) is 0. The average Bonchev–Trinajstić information content (AvgIpc) is 2.28. The van der Waals surface area contributed by atoms with Crippen LogP contribution in [0, 0.1) is 0 Å². The maximum Gasteiger partial charge on any atom is 0.151 e. The van der Waals surface area contributed by atoms with Gasteiger partial charge in [0.15, 0.2) is 6.29 Å². The quantitative estimate of drug-likeness (QED) is 0.770. The number of aldehydes is 2. The normalized spacial score (nSPS) is 14.7. The van der Waals surface area contributed by atoms with Crippen LogP contribution >= 0.6 is 15.9 Å². The first-order valence-electron chi connectivity index (χ1n) is 4.69. The fourth-order valence-corrected chi connectivity index (χ4v) is 2.46. The summed E-state index contributed by atoms with van der Waals surface area (Å²) in [5, 5.41) is 0. The maximum atomic E-state index is 11.0. The van der Waals surface area contributed by atoms with Crippen LogP contribution in [0.25, 0.3) is 5.57 Å². The van der Waals surface area contributed by atoms with E-state index in [-0.39, 0.29) is 0 Å². The standard InChI is InChI=1S/C12H9BrO2/c13-12-3-1-2-9-10(12)5-4-8(6-14)11(9)7-15/h1-3,6-7H,4-5H2. The minimum absolute atomic E-state index is 0.535. The molecule has 0 bridgehead atoms. The Morgan fingerprint density at radius 3 is 2.60 bits per heavy atom. The summed E-state index contributed by atoms with van der Waals surface area (Å²) in [4.78, 5) is 21.8. The van der Waals surface area contributed by atoms with E-state index in [1.165, 1.54) is 0 Å². The third-order valence-electron chi connectivity index (χ3n) is 2.66. The van der Waals surface area contributed by atoms with Gasteiger partial charge < -0.3 is 0 Å². The minimum atomic E-state index is 0.535. The number of carbonyl (C=O) groups excluding carboxylic acids is 2. The first-order valence-corrected chi connectivity index (χ1v) is 5.48. The molecule has 0 amide bonds. The molecule has 15 heavy (non-hydrogen) atoms. The molecule has 2 rings (SSSR count). The van der Waals surface area contributed by atoms with Crippen LogP contribution in [0.4, 0.5) is 0 Å². The molecule has 1 aromatic carbocycles. The van der Waals surface area contributed by atoms with Crippen molar-refractivity contribution in [3.05, 3.63) is 39.4 Å². The van der Waals surface area contributed by atoms with Crippen molar-refractivity contribution < 1.29 is 9.59 Å². The number of benzene rings is 1. The second-order valence-corrected chi connectivity index (χ2v) is 4.29. The molecule has 0 saturated heterocycles. The molecule has 1 aliphatic rings. The second kappa shape index (κ2) is 4.11. The van der Waals surface area contributed by atoms with Gasteiger partial charge in [0.1, 0.15) is 6.29 Å². The molecule has 0 aromatic heterocycles. The Labute approximate surface area is 96.1 Å². The molecule has 0 fully saturated rings. The molecule has 76 valence electrons. The lowest BCUT2D eigenvalue weighted by Crippen LogP contribution is -2.07. The van der Waals surface area contributed by atoms with Gasteiger partial charge in [-0.25, -0.2) is 0 Å². The molecule has 1 aliphatic carbocycles. The molecule has 0 aliphatic heterocycles. The van der Waals surface area contributed by atoms with Crippen molar-refractivity contribution in [3.8, 4) is 0 Å². The topological polar surface area (TPSA) is 34.1 Å². The highest BCUT2D eigenvalue weighted by atomic mass is 79.9. The number of rotatable bonds is 2. The summed E-state index contributed by atoms with van der Waals surface area (Å²) in [6.07, 6.45) is 3.01. The highest BCUT2D eigenvalue weighted by Crippen LogP contribution is 2.33. The molecule has 0 unspecified atom stereocenters. The zero-order valence-electron chi connectivity index (χ0n) is 8.00. The van der Waals surface area contributed by atoms with Crippen LogP contribution in [-0.2, 0) is 16.0 Å². The Kier molecular flexibility index (Phi) is 2.82. The number of carbonyl (C=O) groups is 2. The molecule has 2 nitrogen and oxygen atoms in total. The SMILES string of the molecule is O=CC1=C(C=O)c2cccc(Br)c2CC1. The Bertz CT molecular complexity index is 461. The van der Waals surface area contributed by atoms with E-state index in [1.807, 2.05) is 18.2 Å². The lowest BCUT2D eigenvalue weighted by molar-refractivity contribution is -0.106. The fraction of sp³-hybridized carbons (Fsp3) is 0.167. The van der Waals surface area contributed by atoms with E-state index in [1.54, 1.807) is 0 Å². The molecule has 0 N–H and O–H groups in total. The van der Waals surface area contributed by atoms with Gasteiger partial charge in [-0.3, -0.25) is 9.59 Å². The second-order valence-electron chi connectivity index (χ2n) is 3.44. The van der Waals surface area contributed by atoms with E-state index >= 15 is 0 Å². The summed E-state index contributed by atoms with van der Waals surface area (Å²) in [5.74, 6) is 0. The van der Waals surface area contributed by atoms with Crippen molar-refractivity contribution in [2.75, 3.05) is 0 Å². The molecule has 0 atom stereocenters. The monoisotopic (exact) mass is 264 g/mol. The molecular formula is C12H9BrO2. The highest BCUT2D eigenvalue weighted by molar-refractivity contribution is 9.10. The zero-order chi connectivity index (χ0) is 10.8. The zero-order valence-corrected chi connectivity index (χ0v) is 9.58. The van der Waals surface area contributed by atoms with Crippen molar-refractivity contribution in [3.63, 3.8) is 0 Å². The lowest BCUT2D eigenvalue weighted by atomic mass is 9.87. The van der Waals surface area contributed by atoms with Gasteiger partial charge in [-0.2, -0.15) is 0 Å². The summed E-state index contributed by atoms with van der Waals surface area (Å²) in [5.41, 5.74) is 3.14. The highest BCUT2D eigenvalue weighted by Gasteiger charge is 2.19. The van der Waals surface area contributed by atoms with Gasteiger partial charge in [0.2, 0.25) is 0 Å². The van der Waals surface area contributed by atoms with Crippen molar-refractivity contribution in [2.24, 2.45) is 0 Å². The van der Waals surface area contributed by atoms with E-state index in [2.05, 4.69) is 15.9 Å². The summed E-state index contributed by atoms with van der Waals surface area (Å²) in [7, 11) is 0. The Morgan fingerprint density at radius 1 is 1.13 bits per heavy atom. The van der Waals surface area contributed by atoms with Gasteiger partial charge in [0, 0.05) is 15.6 Å². The molecular weight excluding hydrogens is 256 g/mol. The summed E-state index contributed by atoms with van der Waals surface area (Å²) in [6.45, 7) is 0. The molecule has 0 heterocycles. The van der Waals surface area contributed by atoms with Crippen LogP contribution in [0.2, 0.25) is 0 Å². The summed E-state index contributed by atoms with van der Waals surface area (Å²) in [6, 6.07) is 5.71. The van der Waals surface area contributed by atoms with Gasteiger partial charge in [-0.05, 0) is 30.0 Å². The minimum Gasteiger partial charge on any atom is -0.298 e. The van der Waals surface area contributed by atoms with E-state index < -0.39 is 0 Å². The summed E-state index contributed by atoms with van der Waals surface area (Å²) >= 11 is 3.45. The van der Waals surface area contributed by atoms with Crippen molar-refractivity contribution in [1.82, 2.24) is 0 Å². The van der Waals surface area contributed by atoms with Crippen LogP contribution in [0.5, 0.6) is 0 Å². The summed E-state index contributed by atoms with van der Waals surface area (Å²) < 4.78 is 1.00. The van der Waals surface area contributed by atoms with Gasteiger partial charge in [-0.15, -0.1) is 0 Å². The third-order valence-corrected chi connectivity index (χ3v) is 3.40. The lowest BCUT2D eigenvalue weighted by Gasteiger charge is -2.18. The fourth-order valence-electron chi connectivity index (χ4n) is 1.89. The van der Waals surface area contributed by atoms with Crippen LogP contribution in [0.15, 0.2) is 28.2 Å². The van der Waals surface area contributed by atoms with Crippen LogP contribution in [-0.4, -0.2) is 12.6 Å². The predicted octanol–water partition coefficient (Wildman–Crippen LogP) is 2.55. The third kappa shape index (κ3) is 1.67. The molecule has 0 spiro atoms. The molecule has 1 aromatic rings. The van der Waals surface area contributed by atoms with Crippen LogP contribution in [0.3, 0.4) is 0 Å². The van der Waals surface area contributed by atoms with Crippen molar-refractivity contribution in [2.45, 2.75) is 12.8 Å². The van der Waals surface area contributed by atoms with E-state index in [9.17, 15) is 9.59 Å². The molecule has 0 saturated carbocycles. The van der Waals surface area contributed by atoms with Crippen molar-refractivity contribution in [1.29, 1.82) is 0 Å². The van der Waals surface area contributed by atoms with E-state index in [4.69, 9.17) is 0 Å². The van der Waals surface area contributed by atoms with Gasteiger partial charge >= 0.3 is 0 Å². The maximum absolute atomic E-state index is 11.0. The number of hydrogen-bond acceptors (Lipinski definition) is 2. The van der Waals surface area contributed by atoms with Crippen LogP contribution in [0.1, 0.15) is 17.5 Å². The Balaban J connectivity index is 2.68. The van der Waals surface area contributed by atoms with Gasteiger partial charge in [0.05, 0.1) is 0 Å². The largest absolute Gasteiger partial charge is 0.298 e. The first kappa shape index (κ1) is 10.3. The Hall–Kier alpha value is -1.22. The molecule has 0 radical (unpaired) electrons. The Morgan fingerprint density at radius 2 is 1.93 bits per heavy atom. The number of halogens is 1. The number of allylic oxidation sites excluding steroid dienone is 2. The molecule has 3 heteroatoms. The predicted molar refractivity (Wildman–Crippen MR) is 61.5 cm³/mol. The number of fused-ring (bicyclic) bond motifs is 1. The van der Waals surface area contributed by atoms with E-state index in [0.29, 0.717) is 17.6 Å². The van der Waals surface area contributed by atoms with E-state index in [0.717, 1.165) is 34.6 Å². The van der Waals surface area contributed by atoms with Crippen LogP contribution < -0.4 is 0 Å². The van der Waals surface area contributed by atoms with Gasteiger partial charge in [0.25, 0.3) is 0 Å². The first-order chi connectivity index (χ1) is 7.27.